The monoisotopic (exact) mass is 459 g/mol. The maximum absolute atomic E-state index is 14.2. The number of aromatic amines is 1. The zero-order chi connectivity index (χ0) is 24.8. The number of hydrogen-bond donors (Lipinski definition) is 2. The summed E-state index contributed by atoms with van der Waals surface area (Å²) < 4.78 is 134. The molecule has 0 radical (unpaired) electrons. The van der Waals surface area contributed by atoms with Crippen LogP contribution in [-0.4, -0.2) is 38.9 Å². The van der Waals surface area contributed by atoms with Gasteiger partial charge in [-0.25, -0.2) is 34.8 Å². The molecule has 1 aliphatic rings. The fourth-order valence-electron chi connectivity index (χ4n) is 3.38. The summed E-state index contributed by atoms with van der Waals surface area (Å²) in [5, 5.41) is 0. The molecule has 1 atom stereocenters. The van der Waals surface area contributed by atoms with E-state index in [2.05, 4.69) is 9.72 Å². The summed E-state index contributed by atoms with van der Waals surface area (Å²) in [5.41, 5.74) is -3.79. The van der Waals surface area contributed by atoms with Crippen molar-refractivity contribution in [3.8, 4) is 0 Å². The third-order valence-electron chi connectivity index (χ3n) is 4.96. The highest BCUT2D eigenvalue weighted by atomic mass is 32.2. The molecule has 5 nitrogen and oxygen atoms in total. The summed E-state index contributed by atoms with van der Waals surface area (Å²) in [6, 6.07) is 0.880. The summed E-state index contributed by atoms with van der Waals surface area (Å²) in [5.74, 6) is -2.53. The van der Waals surface area contributed by atoms with Gasteiger partial charge in [0.05, 0.1) is 9.80 Å². The van der Waals surface area contributed by atoms with Gasteiger partial charge in [0.2, 0.25) is 6.43 Å². The zero-order valence-electron chi connectivity index (χ0n) is 18.1. The first kappa shape index (κ1) is 18.6. The van der Waals surface area contributed by atoms with Crippen LogP contribution in [0, 0.1) is 11.6 Å². The van der Waals surface area contributed by atoms with E-state index in [1.807, 2.05) is 4.72 Å². The smallest absolute Gasteiger partial charge is 0.267 e. The minimum absolute atomic E-state index is 0.00916. The van der Waals surface area contributed by atoms with Gasteiger partial charge in [0.1, 0.15) is 22.1 Å². The second kappa shape index (κ2) is 8.14. The van der Waals surface area contributed by atoms with Crippen LogP contribution >= 0.6 is 0 Å². The van der Waals surface area contributed by atoms with E-state index in [-0.39, 0.29) is 17.7 Å². The van der Waals surface area contributed by atoms with Gasteiger partial charge in [-0.3, -0.25) is 4.72 Å². The molecule has 2 N–H and O–H groups in total. The number of halogens is 6. The third-order valence-corrected chi connectivity index (χ3v) is 6.39. The molecule has 166 valence electrons. The normalized spacial score (nSPS) is 21.3. The molecule has 0 spiro atoms. The lowest BCUT2D eigenvalue weighted by Gasteiger charge is -2.35. The topological polar surface area (TPSA) is 71.2 Å². The summed E-state index contributed by atoms with van der Waals surface area (Å²) in [7, 11) is -7.67. The Hall–Kier alpha value is -2.21. The van der Waals surface area contributed by atoms with Crippen LogP contribution in [0.2, 0.25) is 0 Å². The first-order valence-electron chi connectivity index (χ1n) is 10.1. The molecule has 1 aliphatic carbocycles. The van der Waals surface area contributed by atoms with Gasteiger partial charge in [-0.1, -0.05) is 0 Å². The van der Waals surface area contributed by atoms with Crippen molar-refractivity contribution >= 4 is 15.7 Å². The van der Waals surface area contributed by atoms with Crippen LogP contribution in [-0.2, 0) is 34.0 Å². The molecule has 0 aliphatic heterocycles. The number of fused-ring (bicyclic) bond motifs is 1. The van der Waals surface area contributed by atoms with Gasteiger partial charge in [0.15, 0.2) is 0 Å². The Morgan fingerprint density at radius 2 is 2.00 bits per heavy atom. The van der Waals surface area contributed by atoms with E-state index in [0.29, 0.717) is 12.1 Å². The average Bonchev–Trinajstić information content (AvgIpc) is 3.07. The van der Waals surface area contributed by atoms with E-state index >= 15 is 0 Å². The van der Waals surface area contributed by atoms with Gasteiger partial charge in [-0.05, 0) is 30.0 Å². The van der Waals surface area contributed by atoms with Crippen molar-refractivity contribution < 1.29 is 43.6 Å². The number of sulfonamides is 1. The molecule has 30 heavy (non-hydrogen) atoms. The highest BCUT2D eigenvalue weighted by molar-refractivity contribution is 7.92. The summed E-state index contributed by atoms with van der Waals surface area (Å²) in [4.78, 5) is 2.06. The highest BCUT2D eigenvalue weighted by Gasteiger charge is 2.45. The number of alkyl halides is 4. The summed E-state index contributed by atoms with van der Waals surface area (Å²) >= 11 is 0. The Balaban J connectivity index is 1.90. The number of hydrogen-bond acceptors (Lipinski definition) is 3. The molecule has 1 aromatic carbocycles. The molecule has 0 saturated carbocycles. The molecule has 1 aromatic heterocycles. The molecule has 2 aromatic rings. The first-order chi connectivity index (χ1) is 15.1. The van der Waals surface area contributed by atoms with Gasteiger partial charge in [-0.15, -0.1) is 0 Å². The number of rotatable bonds is 7. The van der Waals surface area contributed by atoms with Crippen LogP contribution in [0.25, 0.3) is 0 Å². The second-order valence-corrected chi connectivity index (χ2v) is 8.53. The van der Waals surface area contributed by atoms with Crippen LogP contribution in [0.1, 0.15) is 27.4 Å². The van der Waals surface area contributed by atoms with Crippen molar-refractivity contribution in [1.82, 2.24) is 4.98 Å². The molecule has 1 heterocycles. The highest BCUT2D eigenvalue weighted by Crippen LogP contribution is 2.38. The molecule has 0 fully saturated rings. The molecular formula is C18H18F6N2O3S. The van der Waals surface area contributed by atoms with E-state index in [9.17, 15) is 34.8 Å². The predicted molar refractivity (Wildman–Crippen MR) is 95.4 cm³/mol. The minimum Gasteiger partial charge on any atom is -0.372 e. The SMILES string of the molecule is [2H]C([2H])([2H])O[C@]1(C(F)F)CCc2c(S(=O)(=O)Nc3cc(F)c(CC(F)F)cc3F)c[nH]c2C1. The maximum atomic E-state index is 14.2. The van der Waals surface area contributed by atoms with E-state index in [4.69, 9.17) is 4.11 Å². The molecule has 12 heteroatoms. The standard InChI is InChI=1S/C18H18F6N2O3S/c1-29-18(17(23)24)3-2-10-14(7-18)25-8-15(10)30(27,28)26-13-6-11(19)9(4-12(13)20)5-16(21)22/h4,6,8,16-17,25-26H,2-3,5,7H2,1H3/t18-/m1/s1/i1D3. The van der Waals surface area contributed by atoms with Crippen molar-refractivity contribution in [1.29, 1.82) is 0 Å². The van der Waals surface area contributed by atoms with Crippen LogP contribution in [0.5, 0.6) is 0 Å². The number of ether oxygens (including phenoxy) is 1. The summed E-state index contributed by atoms with van der Waals surface area (Å²) in [6.07, 6.45) is -7.69. The number of benzene rings is 1. The minimum atomic E-state index is -4.55. The third kappa shape index (κ3) is 4.15. The lowest BCUT2D eigenvalue weighted by atomic mass is 9.84. The van der Waals surface area contributed by atoms with E-state index < -0.39 is 82.6 Å². The van der Waals surface area contributed by atoms with Crippen molar-refractivity contribution in [2.45, 2.75) is 49.0 Å². The van der Waals surface area contributed by atoms with E-state index in [1.54, 1.807) is 0 Å². The molecule has 3 rings (SSSR count). The van der Waals surface area contributed by atoms with Crippen LogP contribution in [0.3, 0.4) is 0 Å². The van der Waals surface area contributed by atoms with Gasteiger partial charge in [0, 0.05) is 37.8 Å². The Kier molecular flexibility index (Phi) is 5.03. The van der Waals surface area contributed by atoms with Gasteiger partial charge >= 0.3 is 0 Å². The van der Waals surface area contributed by atoms with Crippen molar-refractivity contribution in [3.63, 3.8) is 0 Å². The van der Waals surface area contributed by atoms with Gasteiger partial charge < -0.3 is 9.72 Å². The zero-order valence-corrected chi connectivity index (χ0v) is 15.9. The summed E-state index contributed by atoms with van der Waals surface area (Å²) in [6.45, 7) is 0. The quantitative estimate of drug-likeness (QED) is 0.614. The lowest BCUT2D eigenvalue weighted by Crippen LogP contribution is -2.44. The number of aromatic nitrogens is 1. The van der Waals surface area contributed by atoms with Crippen molar-refractivity contribution in [2.75, 3.05) is 11.8 Å². The number of H-pyrrole nitrogens is 1. The van der Waals surface area contributed by atoms with E-state index in [0.717, 1.165) is 6.20 Å². The number of methoxy groups -OCH3 is 1. The maximum Gasteiger partial charge on any atom is 0.267 e. The molecule has 0 unspecified atom stereocenters. The first-order valence-corrected chi connectivity index (χ1v) is 10.1. The molecule has 0 bridgehead atoms. The molecule has 0 amide bonds. The van der Waals surface area contributed by atoms with Crippen LogP contribution < -0.4 is 4.72 Å². The predicted octanol–water partition coefficient (Wildman–Crippen LogP) is 4.04. The number of anilines is 1. The second-order valence-electron chi connectivity index (χ2n) is 6.88. The average molecular weight is 459 g/mol. The lowest BCUT2D eigenvalue weighted by molar-refractivity contribution is -0.128. The van der Waals surface area contributed by atoms with Crippen molar-refractivity contribution in [2.24, 2.45) is 0 Å². The van der Waals surface area contributed by atoms with Gasteiger partial charge in [0.25, 0.3) is 16.4 Å². The van der Waals surface area contributed by atoms with E-state index in [1.165, 1.54) is 0 Å². The fourth-order valence-corrected chi connectivity index (χ4v) is 4.70. The Morgan fingerprint density at radius 3 is 2.63 bits per heavy atom. The number of nitrogens with one attached hydrogen (secondary N) is 2. The van der Waals surface area contributed by atoms with Gasteiger partial charge in [-0.2, -0.15) is 0 Å². The van der Waals surface area contributed by atoms with Crippen LogP contribution in [0.15, 0.2) is 23.2 Å². The Bertz CT molecular complexity index is 1140. The fraction of sp³-hybridized carbons (Fsp3) is 0.444. The Morgan fingerprint density at radius 1 is 1.27 bits per heavy atom. The molecule has 0 saturated heterocycles. The van der Waals surface area contributed by atoms with Crippen molar-refractivity contribution in [3.05, 3.63) is 46.8 Å². The molecular weight excluding hydrogens is 438 g/mol. The Labute approximate surface area is 172 Å². The van der Waals surface area contributed by atoms with Crippen LogP contribution in [0.4, 0.5) is 32.0 Å². The largest absolute Gasteiger partial charge is 0.372 e.